The quantitative estimate of drug-likeness (QED) is 0.323. The van der Waals surface area contributed by atoms with Crippen LogP contribution in [0.2, 0.25) is 5.02 Å². The molecular weight excluding hydrogens is 521 g/mol. The fourth-order valence-electron chi connectivity index (χ4n) is 2.22. The van der Waals surface area contributed by atoms with E-state index in [2.05, 4.69) is 5.32 Å². The highest BCUT2D eigenvalue weighted by molar-refractivity contribution is 8.00. The van der Waals surface area contributed by atoms with E-state index in [-0.39, 0.29) is 14.8 Å². The number of carbonyl (C=O) groups is 1. The maximum atomic E-state index is 12.7. The first-order valence-corrected chi connectivity index (χ1v) is 12.8. The summed E-state index contributed by atoms with van der Waals surface area (Å²) in [5.74, 6) is -1.34. The zero-order chi connectivity index (χ0) is 24.5. The minimum atomic E-state index is -5.68. The topological polar surface area (TPSA) is 141 Å². The van der Waals surface area contributed by atoms with Crippen molar-refractivity contribution in [3.63, 3.8) is 0 Å². The van der Waals surface area contributed by atoms with Crippen LogP contribution in [0.5, 0.6) is 0 Å². The van der Waals surface area contributed by atoms with E-state index in [0.717, 1.165) is 30.5 Å². The molecule has 0 saturated carbocycles. The molecule has 32 heavy (non-hydrogen) atoms. The van der Waals surface area contributed by atoms with Crippen molar-refractivity contribution in [2.45, 2.75) is 20.2 Å². The minimum absolute atomic E-state index is 0.0444. The summed E-state index contributed by atoms with van der Waals surface area (Å²) in [6.07, 6.45) is 0.864. The Kier molecular flexibility index (Phi) is 7.48. The van der Waals surface area contributed by atoms with Gasteiger partial charge in [0.15, 0.2) is 9.84 Å². The summed E-state index contributed by atoms with van der Waals surface area (Å²) in [6.45, 7) is 0. The number of nitro groups is 1. The number of benzene rings is 2. The molecule has 0 aliphatic carbocycles. The van der Waals surface area contributed by atoms with Crippen molar-refractivity contribution in [1.29, 1.82) is 0 Å². The summed E-state index contributed by atoms with van der Waals surface area (Å²) in [6, 6.07) is 5.11. The molecule has 2 aromatic rings. The monoisotopic (exact) mass is 532 g/mol. The van der Waals surface area contributed by atoms with E-state index in [4.69, 9.17) is 11.6 Å². The molecule has 0 aliphatic heterocycles. The van der Waals surface area contributed by atoms with E-state index >= 15 is 0 Å². The Bertz CT molecular complexity index is 1300. The number of sulfone groups is 2. The average molecular weight is 533 g/mol. The summed E-state index contributed by atoms with van der Waals surface area (Å²) >= 11 is 6.46. The number of thioether (sulfide) groups is 1. The number of amides is 1. The molecule has 0 bridgehead atoms. The van der Waals surface area contributed by atoms with Gasteiger partial charge in [0.1, 0.15) is 0 Å². The van der Waals surface area contributed by atoms with E-state index in [1.54, 1.807) is 0 Å². The lowest BCUT2D eigenvalue weighted by Crippen LogP contribution is -2.23. The highest BCUT2D eigenvalue weighted by Gasteiger charge is 2.47. The second-order valence-corrected chi connectivity index (χ2v) is 11.5. The third kappa shape index (κ3) is 5.90. The molecule has 1 N–H and O–H groups in total. The Balaban J connectivity index is 2.23. The highest BCUT2D eigenvalue weighted by Crippen LogP contribution is 2.34. The maximum absolute atomic E-state index is 12.7. The molecule has 0 unspecified atom stereocenters. The molecule has 0 aromatic heterocycles. The molecule has 174 valence electrons. The normalized spacial score (nSPS) is 12.4. The Morgan fingerprint density at radius 3 is 2.25 bits per heavy atom. The van der Waals surface area contributed by atoms with Crippen LogP contribution in [0.3, 0.4) is 0 Å². The number of halogens is 4. The molecule has 0 atom stereocenters. The number of hydrogen-bond donors (Lipinski definition) is 1. The summed E-state index contributed by atoms with van der Waals surface area (Å²) in [7, 11) is -9.39. The molecule has 1 amide bonds. The van der Waals surface area contributed by atoms with Crippen LogP contribution < -0.4 is 5.32 Å². The van der Waals surface area contributed by atoms with Gasteiger partial charge in [-0.2, -0.15) is 13.2 Å². The second-order valence-electron chi connectivity index (χ2n) is 6.09. The lowest BCUT2D eigenvalue weighted by atomic mass is 10.3. The molecule has 2 aromatic carbocycles. The largest absolute Gasteiger partial charge is 0.501 e. The number of alkyl halides is 3. The lowest BCUT2D eigenvalue weighted by Gasteiger charge is -2.12. The van der Waals surface area contributed by atoms with Gasteiger partial charge in [0, 0.05) is 12.3 Å². The van der Waals surface area contributed by atoms with Crippen molar-refractivity contribution in [2.75, 3.05) is 17.3 Å². The van der Waals surface area contributed by atoms with E-state index in [1.165, 1.54) is 0 Å². The van der Waals surface area contributed by atoms with E-state index in [0.29, 0.717) is 23.9 Å². The van der Waals surface area contributed by atoms with Crippen molar-refractivity contribution in [3.05, 3.63) is 51.5 Å². The first-order valence-electron chi connectivity index (χ1n) is 8.06. The third-order valence-electron chi connectivity index (χ3n) is 3.74. The van der Waals surface area contributed by atoms with Gasteiger partial charge in [0.05, 0.1) is 36.1 Å². The first kappa shape index (κ1) is 25.9. The Morgan fingerprint density at radius 1 is 1.12 bits per heavy atom. The summed E-state index contributed by atoms with van der Waals surface area (Å²) in [5, 5.41) is 13.1. The number of rotatable bonds is 7. The molecule has 0 saturated heterocycles. The zero-order valence-electron chi connectivity index (χ0n) is 15.7. The van der Waals surface area contributed by atoms with Crippen LogP contribution >= 0.6 is 23.4 Å². The average Bonchev–Trinajstić information content (AvgIpc) is 2.66. The molecule has 9 nitrogen and oxygen atoms in total. The van der Waals surface area contributed by atoms with Crippen molar-refractivity contribution in [3.8, 4) is 0 Å². The molecule has 16 heteroatoms. The highest BCUT2D eigenvalue weighted by atomic mass is 35.5. The van der Waals surface area contributed by atoms with Gasteiger partial charge < -0.3 is 5.32 Å². The Morgan fingerprint density at radius 2 is 1.72 bits per heavy atom. The summed E-state index contributed by atoms with van der Waals surface area (Å²) in [4.78, 5) is 21.1. The van der Waals surface area contributed by atoms with Gasteiger partial charge in [-0.1, -0.05) is 11.6 Å². The number of nitrogens with one attached hydrogen (secondary N) is 1. The number of hydrogen-bond acceptors (Lipinski definition) is 8. The number of nitrogens with zero attached hydrogens (tertiary/aromatic N) is 1. The van der Waals surface area contributed by atoms with Gasteiger partial charge in [0.2, 0.25) is 5.91 Å². The predicted octanol–water partition coefficient (Wildman–Crippen LogP) is 3.68. The van der Waals surface area contributed by atoms with Gasteiger partial charge in [-0.3, -0.25) is 14.9 Å². The molecule has 0 heterocycles. The third-order valence-corrected chi connectivity index (χ3v) is 7.73. The van der Waals surface area contributed by atoms with Crippen LogP contribution in [0.25, 0.3) is 0 Å². The number of anilines is 1. The molecular formula is C16H12ClF3N2O7S3. The zero-order valence-corrected chi connectivity index (χ0v) is 18.9. The molecule has 0 aliphatic rings. The van der Waals surface area contributed by atoms with Crippen LogP contribution in [-0.4, -0.2) is 45.2 Å². The number of nitro benzene ring substituents is 1. The van der Waals surface area contributed by atoms with Crippen molar-refractivity contribution in [2.24, 2.45) is 0 Å². The lowest BCUT2D eigenvalue weighted by molar-refractivity contribution is -0.388. The van der Waals surface area contributed by atoms with Gasteiger partial charge in [-0.15, -0.1) is 11.8 Å². The SMILES string of the molecule is CS(=O)(=O)c1ccc(SCC(=O)Nc2cc(S(=O)(=O)C(F)(F)F)ccc2Cl)c([N+](=O)[O-])c1. The van der Waals surface area contributed by atoms with Gasteiger partial charge >= 0.3 is 5.51 Å². The van der Waals surface area contributed by atoms with Crippen LogP contribution in [-0.2, 0) is 24.5 Å². The molecule has 0 radical (unpaired) electrons. The van der Waals surface area contributed by atoms with Gasteiger partial charge in [-0.25, -0.2) is 16.8 Å². The second kappa shape index (κ2) is 9.25. The van der Waals surface area contributed by atoms with Gasteiger partial charge in [-0.05, 0) is 30.3 Å². The van der Waals surface area contributed by atoms with E-state index < -0.39 is 58.0 Å². The number of carbonyl (C=O) groups excluding carboxylic acids is 1. The summed E-state index contributed by atoms with van der Waals surface area (Å²) in [5.41, 5.74) is -6.54. The Hall–Kier alpha value is -2.36. The van der Waals surface area contributed by atoms with Gasteiger partial charge in [0.25, 0.3) is 15.5 Å². The summed E-state index contributed by atoms with van der Waals surface area (Å²) < 4.78 is 84.3. The fourth-order valence-corrected chi connectivity index (χ4v) is 4.62. The van der Waals surface area contributed by atoms with Crippen LogP contribution in [0.4, 0.5) is 24.5 Å². The molecule has 0 spiro atoms. The van der Waals surface area contributed by atoms with Crippen molar-refractivity contribution < 1.29 is 39.7 Å². The standard InChI is InChI=1S/C16H12ClF3N2O7S3/c1-31(26,27)9-3-5-14(13(7-9)22(24)25)30-8-15(23)21-12-6-10(2-4-11(12)17)32(28,29)16(18,19)20/h2-7H,8H2,1H3,(H,21,23). The van der Waals surface area contributed by atoms with E-state index in [1.807, 2.05) is 0 Å². The minimum Gasteiger partial charge on any atom is -0.324 e. The van der Waals surface area contributed by atoms with Crippen LogP contribution in [0, 0.1) is 10.1 Å². The first-order chi connectivity index (χ1) is 14.5. The Labute approximate surface area is 188 Å². The van der Waals surface area contributed by atoms with E-state index in [9.17, 15) is 44.9 Å². The van der Waals surface area contributed by atoms with Crippen LogP contribution in [0.15, 0.2) is 51.1 Å². The smallest absolute Gasteiger partial charge is 0.324 e. The predicted molar refractivity (Wildman–Crippen MR) is 110 cm³/mol. The van der Waals surface area contributed by atoms with Crippen molar-refractivity contribution in [1.82, 2.24) is 0 Å². The van der Waals surface area contributed by atoms with Crippen LogP contribution in [0.1, 0.15) is 0 Å². The fraction of sp³-hybridized carbons (Fsp3) is 0.188. The van der Waals surface area contributed by atoms with Crippen molar-refractivity contribution >= 4 is 60.3 Å². The molecule has 0 fully saturated rings. The molecule has 2 rings (SSSR count). The maximum Gasteiger partial charge on any atom is 0.501 e.